The standard InChI is InChI=1S/C29H29N2/c1-16(2)19-8-10-22-23-9-7-18(5)26-28(23)31(24(22)14-19)25-15-21(17(3)4)13-20-11-12-30(6)29(26)27(20)25/h7-17H,1-6H3/q+1. The Kier molecular flexibility index (Phi) is 3.72. The molecule has 0 unspecified atom stereocenters. The molecule has 0 aliphatic carbocycles. The fraction of sp³-hybridized carbons (Fsp3) is 0.276. The van der Waals surface area contributed by atoms with Crippen molar-refractivity contribution in [1.29, 1.82) is 0 Å². The summed E-state index contributed by atoms with van der Waals surface area (Å²) in [7, 11) is 2.18. The molecule has 6 aromatic rings. The van der Waals surface area contributed by atoms with E-state index >= 15 is 0 Å². The van der Waals surface area contributed by atoms with Crippen molar-refractivity contribution in [3.63, 3.8) is 0 Å². The van der Waals surface area contributed by atoms with Crippen LogP contribution in [0.5, 0.6) is 0 Å². The van der Waals surface area contributed by atoms with Gasteiger partial charge in [-0.1, -0.05) is 58.0 Å². The average molecular weight is 406 g/mol. The van der Waals surface area contributed by atoms with Gasteiger partial charge in [0, 0.05) is 16.8 Å². The van der Waals surface area contributed by atoms with Gasteiger partial charge in [-0.05, 0) is 53.0 Å². The molecule has 154 valence electrons. The molecule has 0 atom stereocenters. The van der Waals surface area contributed by atoms with Crippen molar-refractivity contribution in [2.24, 2.45) is 7.05 Å². The van der Waals surface area contributed by atoms with Crippen molar-refractivity contribution in [2.75, 3.05) is 0 Å². The second-order valence-electron chi connectivity index (χ2n) is 9.85. The summed E-state index contributed by atoms with van der Waals surface area (Å²) in [6.45, 7) is 11.4. The summed E-state index contributed by atoms with van der Waals surface area (Å²) >= 11 is 0. The summed E-state index contributed by atoms with van der Waals surface area (Å²) < 4.78 is 4.86. The lowest BCUT2D eigenvalue weighted by atomic mass is 9.95. The molecule has 0 aliphatic rings. The number of fused-ring (bicyclic) bond motifs is 5. The van der Waals surface area contributed by atoms with Crippen LogP contribution in [0, 0.1) is 6.92 Å². The van der Waals surface area contributed by atoms with Crippen LogP contribution in [-0.2, 0) is 7.05 Å². The number of hydrogen-bond donors (Lipinski definition) is 0. The zero-order valence-electron chi connectivity index (χ0n) is 19.2. The van der Waals surface area contributed by atoms with Crippen molar-refractivity contribution in [3.8, 4) is 0 Å². The number of nitrogens with zero attached hydrogens (tertiary/aromatic N) is 2. The van der Waals surface area contributed by atoms with Crippen LogP contribution in [-0.4, -0.2) is 4.40 Å². The fourth-order valence-corrected chi connectivity index (χ4v) is 5.45. The molecule has 0 aliphatic heterocycles. The van der Waals surface area contributed by atoms with E-state index in [0.29, 0.717) is 11.8 Å². The summed E-state index contributed by atoms with van der Waals surface area (Å²) in [6.07, 6.45) is 2.22. The summed E-state index contributed by atoms with van der Waals surface area (Å²) in [6, 6.07) is 18.8. The largest absolute Gasteiger partial charge is 0.307 e. The minimum absolute atomic E-state index is 0.487. The van der Waals surface area contributed by atoms with E-state index < -0.39 is 0 Å². The lowest BCUT2D eigenvalue weighted by Gasteiger charge is -2.15. The second kappa shape index (κ2) is 6.20. The van der Waals surface area contributed by atoms with Crippen LogP contribution in [0.25, 0.3) is 49.0 Å². The quantitative estimate of drug-likeness (QED) is 0.161. The molecule has 3 aromatic heterocycles. The van der Waals surface area contributed by atoms with Gasteiger partial charge in [-0.2, -0.15) is 0 Å². The van der Waals surface area contributed by atoms with Gasteiger partial charge in [-0.15, -0.1) is 0 Å². The van der Waals surface area contributed by atoms with Crippen molar-refractivity contribution in [3.05, 3.63) is 71.4 Å². The van der Waals surface area contributed by atoms with Gasteiger partial charge in [-0.3, -0.25) is 0 Å². The minimum Gasteiger partial charge on any atom is -0.307 e. The molecule has 0 fully saturated rings. The van der Waals surface area contributed by atoms with Crippen LogP contribution >= 0.6 is 0 Å². The molecular weight excluding hydrogens is 376 g/mol. The van der Waals surface area contributed by atoms with Crippen LogP contribution in [0.3, 0.4) is 0 Å². The zero-order chi connectivity index (χ0) is 21.6. The molecule has 0 bridgehead atoms. The first-order chi connectivity index (χ1) is 14.9. The normalized spacial score (nSPS) is 12.8. The highest BCUT2D eigenvalue weighted by atomic mass is 15.0. The highest BCUT2D eigenvalue weighted by Gasteiger charge is 2.24. The van der Waals surface area contributed by atoms with Crippen LogP contribution in [0.1, 0.15) is 56.2 Å². The summed E-state index contributed by atoms with van der Waals surface area (Å²) in [5.74, 6) is 0.993. The van der Waals surface area contributed by atoms with Crippen LogP contribution < -0.4 is 4.57 Å². The Morgan fingerprint density at radius 1 is 0.742 bits per heavy atom. The van der Waals surface area contributed by atoms with Crippen LogP contribution in [0.4, 0.5) is 0 Å². The molecule has 3 aromatic carbocycles. The summed E-state index contributed by atoms with van der Waals surface area (Å²) in [4.78, 5) is 0. The highest BCUT2D eigenvalue weighted by molar-refractivity contribution is 6.25. The van der Waals surface area contributed by atoms with E-state index in [2.05, 4.69) is 105 Å². The second-order valence-corrected chi connectivity index (χ2v) is 9.85. The lowest BCUT2D eigenvalue weighted by molar-refractivity contribution is -0.643. The molecule has 31 heavy (non-hydrogen) atoms. The van der Waals surface area contributed by atoms with E-state index in [1.54, 1.807) is 0 Å². The van der Waals surface area contributed by atoms with E-state index in [0.717, 1.165) is 0 Å². The van der Waals surface area contributed by atoms with Gasteiger partial charge in [0.1, 0.15) is 7.05 Å². The maximum absolute atomic E-state index is 2.56. The van der Waals surface area contributed by atoms with Gasteiger partial charge >= 0.3 is 0 Å². The monoisotopic (exact) mass is 405 g/mol. The van der Waals surface area contributed by atoms with Crippen LogP contribution in [0.15, 0.2) is 54.7 Å². The molecule has 0 saturated carbocycles. The molecule has 2 heteroatoms. The zero-order valence-corrected chi connectivity index (χ0v) is 19.2. The number of aryl methyl sites for hydroxylation is 2. The Bertz CT molecular complexity index is 1650. The number of rotatable bonds is 2. The van der Waals surface area contributed by atoms with E-state index in [1.165, 1.54) is 65.7 Å². The van der Waals surface area contributed by atoms with Crippen molar-refractivity contribution >= 4 is 49.0 Å². The first-order valence-electron chi connectivity index (χ1n) is 11.4. The number of benzene rings is 3. The molecule has 0 radical (unpaired) electrons. The van der Waals surface area contributed by atoms with Gasteiger partial charge in [0.15, 0.2) is 6.20 Å². The molecule has 3 heterocycles. The van der Waals surface area contributed by atoms with E-state index in [-0.39, 0.29) is 0 Å². The van der Waals surface area contributed by atoms with Gasteiger partial charge in [0.05, 0.1) is 27.3 Å². The number of pyridine rings is 2. The molecule has 0 spiro atoms. The third-order valence-corrected chi connectivity index (χ3v) is 7.21. The summed E-state index contributed by atoms with van der Waals surface area (Å²) in [5.41, 5.74) is 9.47. The maximum atomic E-state index is 2.56. The Morgan fingerprint density at radius 2 is 1.45 bits per heavy atom. The van der Waals surface area contributed by atoms with Gasteiger partial charge in [-0.25, -0.2) is 4.57 Å². The molecular formula is C29H29N2+. The first-order valence-corrected chi connectivity index (χ1v) is 11.4. The van der Waals surface area contributed by atoms with Crippen LogP contribution in [0.2, 0.25) is 0 Å². The third kappa shape index (κ3) is 2.36. The average Bonchev–Trinajstić information content (AvgIpc) is 3.08. The molecule has 2 nitrogen and oxygen atoms in total. The van der Waals surface area contributed by atoms with Crippen molar-refractivity contribution < 1.29 is 4.57 Å². The van der Waals surface area contributed by atoms with Gasteiger partial charge < -0.3 is 4.40 Å². The van der Waals surface area contributed by atoms with E-state index in [4.69, 9.17) is 0 Å². The molecule has 0 N–H and O–H groups in total. The van der Waals surface area contributed by atoms with Gasteiger partial charge in [0.25, 0.3) is 0 Å². The fourth-order valence-electron chi connectivity index (χ4n) is 5.45. The third-order valence-electron chi connectivity index (χ3n) is 7.21. The first kappa shape index (κ1) is 18.6. The van der Waals surface area contributed by atoms with Crippen molar-refractivity contribution in [2.45, 2.75) is 46.5 Å². The summed E-state index contributed by atoms with van der Waals surface area (Å²) in [5, 5.41) is 6.77. The predicted molar refractivity (Wildman–Crippen MR) is 133 cm³/mol. The lowest BCUT2D eigenvalue weighted by Crippen LogP contribution is -2.29. The van der Waals surface area contributed by atoms with E-state index in [9.17, 15) is 0 Å². The minimum atomic E-state index is 0.487. The Hall–Kier alpha value is -3.13. The number of aromatic nitrogens is 2. The topological polar surface area (TPSA) is 8.29 Å². The maximum Gasteiger partial charge on any atom is 0.224 e. The Balaban J connectivity index is 2.03. The smallest absolute Gasteiger partial charge is 0.224 e. The SMILES string of the molecule is Cc1ccc2c3ccc(C(C)C)cc3n3c4cc(C(C)C)cc5cc[n+](C)c(c1c23)c54. The highest BCUT2D eigenvalue weighted by Crippen LogP contribution is 2.42. The Morgan fingerprint density at radius 3 is 2.19 bits per heavy atom. The number of hydrogen-bond acceptors (Lipinski definition) is 0. The molecule has 6 rings (SSSR count). The molecule has 0 saturated heterocycles. The van der Waals surface area contributed by atoms with E-state index in [1.807, 2.05) is 0 Å². The van der Waals surface area contributed by atoms with Gasteiger partial charge in [0.2, 0.25) is 5.52 Å². The predicted octanol–water partition coefficient (Wildman–Crippen LogP) is 7.37. The van der Waals surface area contributed by atoms with Crippen molar-refractivity contribution in [1.82, 2.24) is 4.40 Å². The Labute approximate surface area is 183 Å². The molecule has 0 amide bonds.